The number of aromatic hydroxyl groups is 1. The summed E-state index contributed by atoms with van der Waals surface area (Å²) in [7, 11) is -3.49. The van der Waals surface area contributed by atoms with Gasteiger partial charge in [0.15, 0.2) is 0 Å². The van der Waals surface area contributed by atoms with Crippen molar-refractivity contribution in [3.63, 3.8) is 0 Å². The van der Waals surface area contributed by atoms with E-state index in [4.69, 9.17) is 5.73 Å². The van der Waals surface area contributed by atoms with Crippen molar-refractivity contribution < 1.29 is 13.5 Å². The summed E-state index contributed by atoms with van der Waals surface area (Å²) in [6.07, 6.45) is 1.55. The van der Waals surface area contributed by atoms with Gasteiger partial charge in [-0.1, -0.05) is 0 Å². The topological polar surface area (TPSA) is 80.4 Å². The van der Waals surface area contributed by atoms with Crippen LogP contribution in [0.15, 0.2) is 28.0 Å². The van der Waals surface area contributed by atoms with Crippen LogP contribution in [0.25, 0.3) is 6.08 Å². The number of fused-ring (bicyclic) bond motifs is 1. The summed E-state index contributed by atoms with van der Waals surface area (Å²) in [6.45, 7) is 1.62. The number of phenolic OH excluding ortho intramolecular Hbond substituents is 1. The van der Waals surface area contributed by atoms with E-state index < -0.39 is 15.9 Å². The van der Waals surface area contributed by atoms with E-state index in [-0.39, 0.29) is 15.6 Å². The second-order valence-corrected chi connectivity index (χ2v) is 5.48. The van der Waals surface area contributed by atoms with Crippen LogP contribution in [0, 0.1) is 0 Å². The molecule has 0 saturated carbocycles. The number of sulfone groups is 1. The Bertz CT molecular complexity index is 544. The van der Waals surface area contributed by atoms with Gasteiger partial charge in [0.25, 0.3) is 0 Å². The van der Waals surface area contributed by atoms with Gasteiger partial charge in [0.2, 0.25) is 9.84 Å². The maximum absolute atomic E-state index is 11.9. The van der Waals surface area contributed by atoms with E-state index in [2.05, 4.69) is 0 Å². The van der Waals surface area contributed by atoms with Crippen LogP contribution in [0.3, 0.4) is 0 Å². The van der Waals surface area contributed by atoms with Crippen LogP contribution in [-0.4, -0.2) is 19.6 Å². The monoisotopic (exact) mass is 225 g/mol. The smallest absolute Gasteiger partial charge is 0.205 e. The Morgan fingerprint density at radius 3 is 2.67 bits per heavy atom. The molecule has 5 heteroatoms. The zero-order valence-corrected chi connectivity index (χ0v) is 8.95. The number of hydrogen-bond donors (Lipinski definition) is 2. The zero-order chi connectivity index (χ0) is 11.2. The fraction of sp³-hybridized carbons (Fsp3) is 0.200. The number of nitrogens with two attached hydrogens (primary N) is 1. The SMILES string of the molecule is CC(N)C1=Cc2ccc(O)cc2S1(=O)=O. The van der Waals surface area contributed by atoms with Crippen LogP contribution in [0.5, 0.6) is 5.75 Å². The molecule has 80 valence electrons. The fourth-order valence-corrected chi connectivity index (χ4v) is 3.35. The van der Waals surface area contributed by atoms with Crippen LogP contribution >= 0.6 is 0 Å². The molecule has 1 unspecified atom stereocenters. The van der Waals surface area contributed by atoms with Crippen LogP contribution in [-0.2, 0) is 9.84 Å². The van der Waals surface area contributed by atoms with Gasteiger partial charge in [0.1, 0.15) is 5.75 Å². The Morgan fingerprint density at radius 2 is 2.07 bits per heavy atom. The van der Waals surface area contributed by atoms with Crippen LogP contribution < -0.4 is 5.73 Å². The average Bonchev–Trinajstić information content (AvgIpc) is 2.39. The van der Waals surface area contributed by atoms with Crippen molar-refractivity contribution in [1.29, 1.82) is 0 Å². The highest BCUT2D eigenvalue weighted by Crippen LogP contribution is 2.35. The second kappa shape index (κ2) is 3.08. The molecule has 0 aromatic heterocycles. The van der Waals surface area contributed by atoms with Crippen molar-refractivity contribution in [2.45, 2.75) is 17.9 Å². The minimum absolute atomic E-state index is 0.0587. The number of rotatable bonds is 1. The predicted molar refractivity (Wildman–Crippen MR) is 56.9 cm³/mol. The molecule has 0 amide bonds. The quantitative estimate of drug-likeness (QED) is 0.743. The summed E-state index contributed by atoms with van der Waals surface area (Å²) < 4.78 is 23.8. The van der Waals surface area contributed by atoms with Crippen molar-refractivity contribution in [3.8, 4) is 5.75 Å². The van der Waals surface area contributed by atoms with E-state index in [0.717, 1.165) is 0 Å². The highest BCUT2D eigenvalue weighted by Gasteiger charge is 2.31. The van der Waals surface area contributed by atoms with E-state index in [0.29, 0.717) is 5.56 Å². The second-order valence-electron chi connectivity index (χ2n) is 3.56. The molecule has 2 rings (SSSR count). The third-order valence-electron chi connectivity index (χ3n) is 2.34. The van der Waals surface area contributed by atoms with Crippen LogP contribution in [0.4, 0.5) is 0 Å². The van der Waals surface area contributed by atoms with Gasteiger partial charge in [-0.15, -0.1) is 0 Å². The zero-order valence-electron chi connectivity index (χ0n) is 8.14. The van der Waals surface area contributed by atoms with E-state index in [9.17, 15) is 13.5 Å². The molecule has 0 saturated heterocycles. The molecule has 1 atom stereocenters. The summed E-state index contributed by atoms with van der Waals surface area (Å²) in [4.78, 5) is 0.331. The molecule has 0 aliphatic carbocycles. The molecule has 1 aromatic rings. The first-order chi connectivity index (χ1) is 6.93. The third-order valence-corrected chi connectivity index (χ3v) is 4.39. The standard InChI is InChI=1S/C10H11NO3S/c1-6(11)9-4-7-2-3-8(12)5-10(7)15(9,13)14/h2-6,12H,11H2,1H3. The molecule has 15 heavy (non-hydrogen) atoms. The first-order valence-corrected chi connectivity index (χ1v) is 5.96. The minimum Gasteiger partial charge on any atom is -0.508 e. The van der Waals surface area contributed by atoms with E-state index in [1.165, 1.54) is 12.1 Å². The van der Waals surface area contributed by atoms with Gasteiger partial charge in [-0.3, -0.25) is 0 Å². The summed E-state index contributed by atoms with van der Waals surface area (Å²) in [5.41, 5.74) is 6.16. The molecule has 0 spiro atoms. The number of phenols is 1. The van der Waals surface area contributed by atoms with Gasteiger partial charge in [0.05, 0.1) is 9.80 Å². The molecule has 0 fully saturated rings. The van der Waals surface area contributed by atoms with Crippen molar-refractivity contribution in [1.82, 2.24) is 0 Å². The van der Waals surface area contributed by atoms with Gasteiger partial charge in [-0.2, -0.15) is 0 Å². The Kier molecular flexibility index (Phi) is 2.09. The van der Waals surface area contributed by atoms with Gasteiger partial charge in [0, 0.05) is 6.04 Å². The molecule has 3 N–H and O–H groups in total. The molecule has 4 nitrogen and oxygen atoms in total. The molecule has 1 aromatic carbocycles. The summed E-state index contributed by atoms with van der Waals surface area (Å²) >= 11 is 0. The average molecular weight is 225 g/mol. The number of hydrogen-bond acceptors (Lipinski definition) is 4. The first-order valence-electron chi connectivity index (χ1n) is 4.48. The highest BCUT2D eigenvalue weighted by molar-refractivity contribution is 7.96. The minimum atomic E-state index is -3.49. The fourth-order valence-electron chi connectivity index (χ4n) is 1.61. The maximum Gasteiger partial charge on any atom is 0.205 e. The van der Waals surface area contributed by atoms with Gasteiger partial charge < -0.3 is 10.8 Å². The Labute approximate surface area is 88.0 Å². The maximum atomic E-state index is 11.9. The molecular formula is C10H11NO3S. The van der Waals surface area contributed by atoms with Crippen molar-refractivity contribution >= 4 is 15.9 Å². The van der Waals surface area contributed by atoms with Gasteiger partial charge >= 0.3 is 0 Å². The van der Waals surface area contributed by atoms with Gasteiger partial charge in [-0.25, -0.2) is 8.42 Å². The lowest BCUT2D eigenvalue weighted by molar-refractivity contribution is 0.473. The van der Waals surface area contributed by atoms with Crippen molar-refractivity contribution in [3.05, 3.63) is 28.7 Å². The molecule has 1 aliphatic heterocycles. The number of benzene rings is 1. The molecular weight excluding hydrogens is 214 g/mol. The molecule has 0 bridgehead atoms. The predicted octanol–water partition coefficient (Wildman–Crippen LogP) is 0.868. The third kappa shape index (κ3) is 1.44. The summed E-state index contributed by atoms with van der Waals surface area (Å²) in [6, 6.07) is 3.73. The Hall–Kier alpha value is -1.33. The lowest BCUT2D eigenvalue weighted by Gasteiger charge is -2.06. The Balaban J connectivity index is 2.69. The Morgan fingerprint density at radius 1 is 1.40 bits per heavy atom. The molecule has 1 heterocycles. The van der Waals surface area contributed by atoms with E-state index in [1.54, 1.807) is 19.1 Å². The summed E-state index contributed by atoms with van der Waals surface area (Å²) in [5, 5.41) is 9.23. The lowest BCUT2D eigenvalue weighted by atomic mass is 10.2. The normalized spacial score (nSPS) is 19.5. The highest BCUT2D eigenvalue weighted by atomic mass is 32.2. The van der Waals surface area contributed by atoms with E-state index >= 15 is 0 Å². The largest absolute Gasteiger partial charge is 0.508 e. The van der Waals surface area contributed by atoms with Gasteiger partial charge in [-0.05, 0) is 36.8 Å². The summed E-state index contributed by atoms with van der Waals surface area (Å²) in [5.74, 6) is -0.0587. The molecule has 0 radical (unpaired) electrons. The van der Waals surface area contributed by atoms with Crippen LogP contribution in [0.1, 0.15) is 12.5 Å². The first kappa shape index (κ1) is 10.2. The van der Waals surface area contributed by atoms with E-state index in [1.807, 2.05) is 0 Å². The van der Waals surface area contributed by atoms with Crippen LogP contribution in [0.2, 0.25) is 0 Å². The van der Waals surface area contributed by atoms with Crippen molar-refractivity contribution in [2.75, 3.05) is 0 Å². The lowest BCUT2D eigenvalue weighted by Crippen LogP contribution is -2.21. The molecule has 1 aliphatic rings. The van der Waals surface area contributed by atoms with Crippen molar-refractivity contribution in [2.24, 2.45) is 5.73 Å².